The van der Waals surface area contributed by atoms with E-state index in [2.05, 4.69) is 0 Å². The summed E-state index contributed by atoms with van der Waals surface area (Å²) in [6.45, 7) is 0. The van der Waals surface area contributed by atoms with Crippen LogP contribution in [0.2, 0.25) is 0 Å². The van der Waals surface area contributed by atoms with Crippen molar-refractivity contribution in [2.45, 2.75) is 6.42 Å². The fraction of sp³-hybridized carbons (Fsp3) is 0.125. The zero-order chi connectivity index (χ0) is 8.97. The second-order valence-electron chi connectivity index (χ2n) is 2.15. The van der Waals surface area contributed by atoms with Gasteiger partial charge in [0.25, 0.3) is 5.69 Å². The van der Waals surface area contributed by atoms with Crippen LogP contribution in [0.3, 0.4) is 0 Å². The van der Waals surface area contributed by atoms with Gasteiger partial charge in [-0.3, -0.25) is 0 Å². The summed E-state index contributed by atoms with van der Waals surface area (Å²) in [4.78, 5) is 0. The third-order valence-electron chi connectivity index (χ3n) is 1.42. The van der Waals surface area contributed by atoms with Gasteiger partial charge in [0.15, 0.2) is 12.3 Å². The minimum Gasteiger partial charge on any atom is -0.618 e. The first-order valence-electron chi connectivity index (χ1n) is 3.27. The highest BCUT2D eigenvalue weighted by molar-refractivity contribution is 5.28. The maximum absolute atomic E-state index is 10.9. The largest absolute Gasteiger partial charge is 0.618 e. The van der Waals surface area contributed by atoms with Gasteiger partial charge in [-0.1, -0.05) is 0 Å². The van der Waals surface area contributed by atoms with Crippen molar-refractivity contribution < 1.29 is 4.73 Å². The van der Waals surface area contributed by atoms with Crippen molar-refractivity contribution in [2.24, 2.45) is 0 Å². The smallest absolute Gasteiger partial charge is 0.298 e. The molecule has 0 unspecified atom stereocenters. The molecule has 58 valence electrons. The average molecular weight is 159 g/mol. The highest BCUT2D eigenvalue weighted by Crippen LogP contribution is 2.01. The number of pyridine rings is 1. The first kappa shape index (κ1) is 8.03. The van der Waals surface area contributed by atoms with Crippen molar-refractivity contribution in [3.63, 3.8) is 0 Å². The van der Waals surface area contributed by atoms with E-state index >= 15 is 0 Å². The van der Waals surface area contributed by atoms with Crippen molar-refractivity contribution in [3.05, 3.63) is 34.8 Å². The van der Waals surface area contributed by atoms with E-state index in [0.29, 0.717) is 10.3 Å². The van der Waals surface area contributed by atoms with Gasteiger partial charge in [0.05, 0.1) is 18.1 Å². The van der Waals surface area contributed by atoms with Crippen LogP contribution in [0.4, 0.5) is 0 Å². The fourth-order valence-electron chi connectivity index (χ4n) is 0.881. The van der Waals surface area contributed by atoms with E-state index in [1.807, 2.05) is 6.07 Å². The maximum Gasteiger partial charge on any atom is 0.298 e. The van der Waals surface area contributed by atoms with Crippen LogP contribution in [0.15, 0.2) is 18.3 Å². The lowest BCUT2D eigenvalue weighted by Gasteiger charge is -1.99. The summed E-state index contributed by atoms with van der Waals surface area (Å²) in [5.74, 6) is 0. The molecule has 0 N–H and O–H groups in total. The Hall–Kier alpha value is -2.07. The molecule has 0 spiro atoms. The summed E-state index contributed by atoms with van der Waals surface area (Å²) in [7, 11) is 0. The molecule has 0 saturated carbocycles. The molecule has 4 nitrogen and oxygen atoms in total. The molecule has 0 aliphatic heterocycles. The second-order valence-corrected chi connectivity index (χ2v) is 2.15. The molecule has 0 radical (unpaired) electrons. The van der Waals surface area contributed by atoms with Gasteiger partial charge in [-0.15, -0.1) is 0 Å². The van der Waals surface area contributed by atoms with Crippen LogP contribution in [0, 0.1) is 27.9 Å². The summed E-state index contributed by atoms with van der Waals surface area (Å²) >= 11 is 0. The summed E-state index contributed by atoms with van der Waals surface area (Å²) < 4.78 is 0.465. The summed E-state index contributed by atoms with van der Waals surface area (Å²) in [5.41, 5.74) is 0.469. The normalized spacial score (nSPS) is 8.50. The van der Waals surface area contributed by atoms with E-state index in [-0.39, 0.29) is 12.1 Å². The van der Waals surface area contributed by atoms with Crippen molar-refractivity contribution in [3.8, 4) is 12.1 Å². The van der Waals surface area contributed by atoms with Gasteiger partial charge < -0.3 is 5.21 Å². The Morgan fingerprint density at radius 2 is 2.25 bits per heavy atom. The van der Waals surface area contributed by atoms with Crippen molar-refractivity contribution in [1.82, 2.24) is 0 Å². The van der Waals surface area contributed by atoms with Gasteiger partial charge in [0, 0.05) is 6.07 Å². The molecular weight excluding hydrogens is 154 g/mol. The number of nitriles is 2. The molecule has 1 heterocycles. The Labute approximate surface area is 69.5 Å². The number of aromatic nitrogens is 1. The molecular formula is C8H5N3O. The average Bonchev–Trinajstić information content (AvgIpc) is 2.05. The third-order valence-corrected chi connectivity index (χ3v) is 1.42. The van der Waals surface area contributed by atoms with Crippen molar-refractivity contribution in [1.29, 1.82) is 10.5 Å². The Morgan fingerprint density at radius 3 is 2.83 bits per heavy atom. The molecule has 0 saturated heterocycles. The molecule has 0 bridgehead atoms. The van der Waals surface area contributed by atoms with Gasteiger partial charge >= 0.3 is 0 Å². The maximum atomic E-state index is 10.9. The molecule has 4 heteroatoms. The van der Waals surface area contributed by atoms with Gasteiger partial charge in [0.1, 0.15) is 0 Å². The Bertz CT molecular complexity index is 373. The topological polar surface area (TPSA) is 74.5 Å². The first-order valence-corrected chi connectivity index (χ1v) is 3.27. The van der Waals surface area contributed by atoms with E-state index in [4.69, 9.17) is 10.5 Å². The van der Waals surface area contributed by atoms with E-state index < -0.39 is 0 Å². The highest BCUT2D eigenvalue weighted by Gasteiger charge is 2.09. The van der Waals surface area contributed by atoms with Crippen LogP contribution in [0.25, 0.3) is 0 Å². The lowest BCUT2D eigenvalue weighted by Crippen LogP contribution is -2.30. The molecule has 0 atom stereocenters. The number of rotatable bonds is 1. The van der Waals surface area contributed by atoms with Crippen LogP contribution in [-0.2, 0) is 6.42 Å². The first-order chi connectivity index (χ1) is 5.79. The summed E-state index contributed by atoms with van der Waals surface area (Å²) in [6, 6.07) is 6.74. The van der Waals surface area contributed by atoms with E-state index in [1.165, 1.54) is 12.3 Å². The van der Waals surface area contributed by atoms with Gasteiger partial charge in [-0.25, -0.2) is 0 Å². The van der Waals surface area contributed by atoms with Crippen LogP contribution >= 0.6 is 0 Å². The molecule has 0 aromatic carbocycles. The lowest BCUT2D eigenvalue weighted by atomic mass is 10.1. The molecule has 0 fully saturated rings. The molecule has 12 heavy (non-hydrogen) atoms. The third kappa shape index (κ3) is 1.33. The zero-order valence-corrected chi connectivity index (χ0v) is 6.19. The van der Waals surface area contributed by atoms with Crippen LogP contribution in [-0.4, -0.2) is 0 Å². The molecule has 0 aliphatic carbocycles. The van der Waals surface area contributed by atoms with E-state index in [0.717, 1.165) is 0 Å². The standard InChI is InChI=1S/C8H5N3O/c9-4-3-7-2-1-5-11(12)8(7)6-10/h1-2,5H,3H2. The molecule has 0 aliphatic rings. The monoisotopic (exact) mass is 159 g/mol. The van der Waals surface area contributed by atoms with Crippen LogP contribution in [0.1, 0.15) is 11.3 Å². The molecule has 1 aromatic heterocycles. The van der Waals surface area contributed by atoms with Gasteiger partial charge in [-0.05, 0) is 6.07 Å². The summed E-state index contributed by atoms with van der Waals surface area (Å²) in [5, 5.41) is 27.8. The zero-order valence-electron chi connectivity index (χ0n) is 6.19. The second kappa shape index (κ2) is 3.36. The minimum absolute atomic E-state index is 0.000880. The number of hydrogen-bond donors (Lipinski definition) is 0. The predicted molar refractivity (Wildman–Crippen MR) is 39.4 cm³/mol. The Balaban J connectivity index is 3.23. The van der Waals surface area contributed by atoms with Gasteiger partial charge in [-0.2, -0.15) is 15.3 Å². The number of hydrogen-bond acceptors (Lipinski definition) is 3. The minimum atomic E-state index is -0.000880. The van der Waals surface area contributed by atoms with Crippen LogP contribution in [0.5, 0.6) is 0 Å². The SMILES string of the molecule is N#CCc1ccc[n+]([O-])c1C#N. The van der Waals surface area contributed by atoms with Crippen molar-refractivity contribution >= 4 is 0 Å². The van der Waals surface area contributed by atoms with Crippen LogP contribution < -0.4 is 4.73 Å². The highest BCUT2D eigenvalue weighted by atomic mass is 16.5. The van der Waals surface area contributed by atoms with Gasteiger partial charge in [0.2, 0.25) is 0 Å². The van der Waals surface area contributed by atoms with Crippen molar-refractivity contribution in [2.75, 3.05) is 0 Å². The Kier molecular flexibility index (Phi) is 2.25. The quantitative estimate of drug-likeness (QED) is 0.435. The number of nitrogens with zero attached hydrogens (tertiary/aromatic N) is 3. The lowest BCUT2D eigenvalue weighted by molar-refractivity contribution is -0.608. The predicted octanol–water partition coefficient (Wildman–Crippen LogP) is 0.258. The van der Waals surface area contributed by atoms with E-state index in [9.17, 15) is 5.21 Å². The van der Waals surface area contributed by atoms with E-state index in [1.54, 1.807) is 12.1 Å². The Morgan fingerprint density at radius 1 is 1.50 bits per heavy atom. The summed E-state index contributed by atoms with van der Waals surface area (Å²) in [6.07, 6.45) is 1.32. The molecule has 1 rings (SSSR count). The fourth-order valence-corrected chi connectivity index (χ4v) is 0.881. The molecule has 0 amide bonds. The molecule has 1 aromatic rings.